The van der Waals surface area contributed by atoms with E-state index in [2.05, 4.69) is 17.0 Å². The first-order valence-corrected chi connectivity index (χ1v) is 5.70. The molecular weight excluding hydrogens is 204 g/mol. The van der Waals surface area contributed by atoms with Crippen LogP contribution in [-0.4, -0.2) is 33.9 Å². The molecule has 0 fully saturated rings. The molecule has 0 bridgehead atoms. The van der Waals surface area contributed by atoms with Crippen LogP contribution in [0.15, 0.2) is 4.52 Å². The van der Waals surface area contributed by atoms with E-state index >= 15 is 0 Å². The SMILES string of the molecule is CCN(Cc1c(C)noc1C)CC(C)(C)O. The van der Waals surface area contributed by atoms with Crippen molar-refractivity contribution in [2.24, 2.45) is 0 Å². The minimum Gasteiger partial charge on any atom is -0.389 e. The molecule has 0 aromatic carbocycles. The van der Waals surface area contributed by atoms with Crippen LogP contribution in [-0.2, 0) is 6.54 Å². The van der Waals surface area contributed by atoms with Gasteiger partial charge in [-0.3, -0.25) is 4.90 Å². The third-order valence-corrected chi connectivity index (χ3v) is 2.62. The Bertz CT molecular complexity index is 320. The fourth-order valence-electron chi connectivity index (χ4n) is 1.78. The van der Waals surface area contributed by atoms with Crippen molar-refractivity contribution in [1.82, 2.24) is 10.1 Å². The summed E-state index contributed by atoms with van der Waals surface area (Å²) >= 11 is 0. The van der Waals surface area contributed by atoms with Gasteiger partial charge in [0.2, 0.25) is 0 Å². The van der Waals surface area contributed by atoms with Crippen molar-refractivity contribution in [3.8, 4) is 0 Å². The first kappa shape index (κ1) is 13.2. The summed E-state index contributed by atoms with van der Waals surface area (Å²) in [6, 6.07) is 0. The number of aromatic nitrogens is 1. The quantitative estimate of drug-likeness (QED) is 0.833. The standard InChI is InChI=1S/C12H22N2O2/c1-6-14(8-12(4,5)15)7-11-9(2)13-16-10(11)3/h15H,6-8H2,1-5H3. The third-order valence-electron chi connectivity index (χ3n) is 2.62. The number of likely N-dealkylation sites (N-methyl/N-ethyl adjacent to an activating group) is 1. The highest BCUT2D eigenvalue weighted by molar-refractivity contribution is 5.20. The molecule has 92 valence electrons. The van der Waals surface area contributed by atoms with Gasteiger partial charge in [0.25, 0.3) is 0 Å². The van der Waals surface area contributed by atoms with Crippen LogP contribution >= 0.6 is 0 Å². The van der Waals surface area contributed by atoms with Crippen molar-refractivity contribution in [3.05, 3.63) is 17.0 Å². The lowest BCUT2D eigenvalue weighted by Gasteiger charge is -2.27. The summed E-state index contributed by atoms with van der Waals surface area (Å²) in [5.41, 5.74) is 1.40. The van der Waals surface area contributed by atoms with Crippen molar-refractivity contribution in [2.75, 3.05) is 13.1 Å². The second kappa shape index (κ2) is 4.97. The number of rotatable bonds is 5. The van der Waals surface area contributed by atoms with Gasteiger partial charge in [-0.25, -0.2) is 0 Å². The van der Waals surface area contributed by atoms with Gasteiger partial charge in [0.05, 0.1) is 11.3 Å². The minimum absolute atomic E-state index is 0.646. The van der Waals surface area contributed by atoms with Gasteiger partial charge in [0, 0.05) is 18.7 Å². The number of nitrogens with zero attached hydrogens (tertiary/aromatic N) is 2. The summed E-state index contributed by atoms with van der Waals surface area (Å²) in [7, 11) is 0. The Morgan fingerprint density at radius 1 is 1.38 bits per heavy atom. The van der Waals surface area contributed by atoms with Gasteiger partial charge in [0.1, 0.15) is 5.76 Å². The van der Waals surface area contributed by atoms with E-state index in [9.17, 15) is 5.11 Å². The highest BCUT2D eigenvalue weighted by atomic mass is 16.5. The molecule has 0 amide bonds. The molecule has 1 rings (SSSR count). The summed E-state index contributed by atoms with van der Waals surface area (Å²) in [5, 5.41) is 13.7. The Balaban J connectivity index is 2.71. The summed E-state index contributed by atoms with van der Waals surface area (Å²) in [4.78, 5) is 2.19. The van der Waals surface area contributed by atoms with Crippen molar-refractivity contribution in [1.29, 1.82) is 0 Å². The number of aliphatic hydroxyl groups is 1. The fourth-order valence-corrected chi connectivity index (χ4v) is 1.78. The molecule has 0 saturated heterocycles. The van der Waals surface area contributed by atoms with Gasteiger partial charge in [0.15, 0.2) is 0 Å². The first-order valence-electron chi connectivity index (χ1n) is 5.70. The lowest BCUT2D eigenvalue weighted by Crippen LogP contribution is -2.38. The minimum atomic E-state index is -0.672. The van der Waals surface area contributed by atoms with E-state index in [0.717, 1.165) is 30.1 Å². The highest BCUT2D eigenvalue weighted by Gasteiger charge is 2.19. The monoisotopic (exact) mass is 226 g/mol. The zero-order chi connectivity index (χ0) is 12.3. The van der Waals surface area contributed by atoms with Gasteiger partial charge in [-0.05, 0) is 34.2 Å². The van der Waals surface area contributed by atoms with E-state index in [4.69, 9.17) is 4.52 Å². The lowest BCUT2D eigenvalue weighted by molar-refractivity contribution is 0.0351. The molecule has 0 atom stereocenters. The van der Waals surface area contributed by atoms with Crippen LogP contribution in [0, 0.1) is 13.8 Å². The topological polar surface area (TPSA) is 49.5 Å². The Kier molecular flexibility index (Phi) is 4.10. The van der Waals surface area contributed by atoms with Gasteiger partial charge in [-0.15, -0.1) is 0 Å². The zero-order valence-corrected chi connectivity index (χ0v) is 10.9. The first-order chi connectivity index (χ1) is 7.33. The normalized spacial score (nSPS) is 12.4. The molecule has 1 aromatic heterocycles. The molecule has 0 aliphatic heterocycles. The fraction of sp³-hybridized carbons (Fsp3) is 0.750. The van der Waals surface area contributed by atoms with Crippen LogP contribution < -0.4 is 0 Å². The summed E-state index contributed by atoms with van der Waals surface area (Å²) in [6.45, 7) is 11.9. The maximum atomic E-state index is 9.81. The van der Waals surface area contributed by atoms with E-state index in [1.54, 1.807) is 0 Å². The van der Waals surface area contributed by atoms with Crippen molar-refractivity contribution in [3.63, 3.8) is 0 Å². The lowest BCUT2D eigenvalue weighted by atomic mass is 10.1. The molecule has 0 aliphatic carbocycles. The predicted molar refractivity (Wildman–Crippen MR) is 63.2 cm³/mol. The van der Waals surface area contributed by atoms with Crippen LogP contribution in [0.25, 0.3) is 0 Å². The molecular formula is C12H22N2O2. The molecule has 0 spiro atoms. The van der Waals surface area contributed by atoms with Crippen LogP contribution in [0.4, 0.5) is 0 Å². The highest BCUT2D eigenvalue weighted by Crippen LogP contribution is 2.16. The molecule has 16 heavy (non-hydrogen) atoms. The van der Waals surface area contributed by atoms with Crippen LogP contribution in [0.1, 0.15) is 37.8 Å². The molecule has 4 nitrogen and oxygen atoms in total. The molecule has 0 unspecified atom stereocenters. The van der Waals surface area contributed by atoms with Crippen LogP contribution in [0.5, 0.6) is 0 Å². The Labute approximate surface area is 97.2 Å². The average Bonchev–Trinajstić information content (AvgIpc) is 2.46. The Morgan fingerprint density at radius 2 is 2.00 bits per heavy atom. The third kappa shape index (κ3) is 3.61. The maximum absolute atomic E-state index is 9.81. The van der Waals surface area contributed by atoms with Crippen molar-refractivity contribution >= 4 is 0 Å². The van der Waals surface area contributed by atoms with E-state index in [1.807, 2.05) is 27.7 Å². The number of hydrogen-bond acceptors (Lipinski definition) is 4. The summed E-state index contributed by atoms with van der Waals surface area (Å²) in [6.07, 6.45) is 0. The molecule has 0 saturated carbocycles. The van der Waals surface area contributed by atoms with E-state index in [1.165, 1.54) is 0 Å². The Morgan fingerprint density at radius 3 is 2.38 bits per heavy atom. The van der Waals surface area contributed by atoms with Gasteiger partial charge in [-0.1, -0.05) is 12.1 Å². The number of hydrogen-bond donors (Lipinski definition) is 1. The zero-order valence-electron chi connectivity index (χ0n) is 10.9. The largest absolute Gasteiger partial charge is 0.389 e. The summed E-state index contributed by atoms with van der Waals surface area (Å²) in [5.74, 6) is 0.867. The molecule has 1 heterocycles. The van der Waals surface area contributed by atoms with Crippen LogP contribution in [0.2, 0.25) is 0 Å². The molecule has 4 heteroatoms. The van der Waals surface area contributed by atoms with Gasteiger partial charge < -0.3 is 9.63 Å². The second-order valence-corrected chi connectivity index (χ2v) is 4.92. The van der Waals surface area contributed by atoms with Crippen molar-refractivity contribution < 1.29 is 9.63 Å². The number of aryl methyl sites for hydroxylation is 2. The summed E-state index contributed by atoms with van der Waals surface area (Å²) < 4.78 is 5.13. The molecule has 1 N–H and O–H groups in total. The van der Waals surface area contributed by atoms with Crippen LogP contribution in [0.3, 0.4) is 0 Å². The maximum Gasteiger partial charge on any atom is 0.138 e. The van der Waals surface area contributed by atoms with E-state index < -0.39 is 5.60 Å². The van der Waals surface area contributed by atoms with E-state index in [0.29, 0.717) is 6.54 Å². The molecule has 1 aromatic rings. The smallest absolute Gasteiger partial charge is 0.138 e. The van der Waals surface area contributed by atoms with Gasteiger partial charge >= 0.3 is 0 Å². The second-order valence-electron chi connectivity index (χ2n) is 4.92. The predicted octanol–water partition coefficient (Wildman–Crippen LogP) is 1.88. The molecule has 0 aliphatic rings. The average molecular weight is 226 g/mol. The Hall–Kier alpha value is -0.870. The molecule has 0 radical (unpaired) electrons. The van der Waals surface area contributed by atoms with Gasteiger partial charge in [-0.2, -0.15) is 0 Å². The van der Waals surface area contributed by atoms with E-state index in [-0.39, 0.29) is 0 Å². The van der Waals surface area contributed by atoms with Crippen molar-refractivity contribution in [2.45, 2.75) is 46.8 Å².